The fourth-order valence-electron chi connectivity index (χ4n) is 1.24. The van der Waals surface area contributed by atoms with E-state index >= 15 is 0 Å². The van der Waals surface area contributed by atoms with Gasteiger partial charge in [0.05, 0.1) is 19.6 Å². The maximum absolute atomic E-state index is 11.6. The second-order valence-electron chi connectivity index (χ2n) is 3.84. The summed E-state index contributed by atoms with van der Waals surface area (Å²) >= 11 is 0. The normalized spacial score (nSPS) is 14.5. The van der Waals surface area contributed by atoms with Gasteiger partial charge < -0.3 is 21.7 Å². The Kier molecular flexibility index (Phi) is 4.24. The van der Waals surface area contributed by atoms with Crippen LogP contribution in [0.5, 0.6) is 0 Å². The Hall–Kier alpha value is -1.63. The largest absolute Gasteiger partial charge is 0.368 e. The molecular weight excluding hydrogens is 212 g/mol. The highest BCUT2D eigenvalue weighted by Gasteiger charge is 2.23. The quantitative estimate of drug-likeness (QED) is 0.447. The number of nitrogens with zero attached hydrogens (tertiary/aromatic N) is 1. The van der Waals surface area contributed by atoms with Crippen LogP contribution in [0, 0.1) is 0 Å². The Morgan fingerprint density at radius 3 is 2.00 bits per heavy atom. The van der Waals surface area contributed by atoms with Crippen molar-refractivity contribution in [2.45, 2.75) is 18.9 Å². The van der Waals surface area contributed by atoms with Crippen LogP contribution in [0.25, 0.3) is 0 Å². The maximum Gasteiger partial charge on any atom is 0.237 e. The van der Waals surface area contributed by atoms with Crippen LogP contribution >= 0.6 is 0 Å². The van der Waals surface area contributed by atoms with Gasteiger partial charge in [0, 0.05) is 6.04 Å². The van der Waals surface area contributed by atoms with Gasteiger partial charge in [-0.2, -0.15) is 0 Å². The van der Waals surface area contributed by atoms with Crippen LogP contribution in [0.15, 0.2) is 0 Å². The number of carbonyl (C=O) groups is 3. The standard InChI is InChI=1S/C9H16N4O3/c10-7(14)4-13(5-8(11)15)9(16)3-12-6-1-2-6/h6,12H,1-5H2,(H2,10,14)(H2,11,15). The minimum Gasteiger partial charge on any atom is -0.368 e. The minimum absolute atomic E-state index is 0.102. The lowest BCUT2D eigenvalue weighted by Gasteiger charge is -2.19. The second-order valence-corrected chi connectivity index (χ2v) is 3.84. The molecule has 0 aliphatic heterocycles. The molecule has 1 rings (SSSR count). The van der Waals surface area contributed by atoms with Crippen LogP contribution in [0.3, 0.4) is 0 Å². The predicted molar refractivity (Wildman–Crippen MR) is 56.0 cm³/mol. The summed E-state index contributed by atoms with van der Waals surface area (Å²) in [7, 11) is 0. The third kappa shape index (κ3) is 4.74. The van der Waals surface area contributed by atoms with Crippen LogP contribution in [0.4, 0.5) is 0 Å². The van der Waals surface area contributed by atoms with Crippen LogP contribution in [-0.2, 0) is 14.4 Å². The van der Waals surface area contributed by atoms with E-state index in [1.54, 1.807) is 0 Å². The van der Waals surface area contributed by atoms with Gasteiger partial charge in [0.15, 0.2) is 0 Å². The van der Waals surface area contributed by atoms with Crippen molar-refractivity contribution in [2.75, 3.05) is 19.6 Å². The minimum atomic E-state index is -0.666. The van der Waals surface area contributed by atoms with Crippen molar-refractivity contribution in [3.63, 3.8) is 0 Å². The molecule has 0 spiro atoms. The fraction of sp³-hybridized carbons (Fsp3) is 0.667. The maximum atomic E-state index is 11.6. The van der Waals surface area contributed by atoms with Gasteiger partial charge >= 0.3 is 0 Å². The Bertz CT molecular complexity index is 285. The number of hydrogen-bond donors (Lipinski definition) is 3. The van der Waals surface area contributed by atoms with Gasteiger partial charge in [-0.3, -0.25) is 14.4 Å². The number of nitrogens with two attached hydrogens (primary N) is 2. The molecule has 3 amide bonds. The zero-order valence-electron chi connectivity index (χ0n) is 8.94. The molecule has 7 heteroatoms. The summed E-state index contributed by atoms with van der Waals surface area (Å²) in [4.78, 5) is 34.1. The lowest BCUT2D eigenvalue weighted by molar-refractivity contribution is -0.137. The van der Waals surface area contributed by atoms with Crippen molar-refractivity contribution in [2.24, 2.45) is 11.5 Å². The van der Waals surface area contributed by atoms with Crippen molar-refractivity contribution >= 4 is 17.7 Å². The van der Waals surface area contributed by atoms with Crippen LogP contribution in [0.1, 0.15) is 12.8 Å². The van der Waals surface area contributed by atoms with E-state index in [1.807, 2.05) is 0 Å². The molecule has 0 heterocycles. The molecule has 1 saturated carbocycles. The molecule has 0 saturated heterocycles. The topological polar surface area (TPSA) is 119 Å². The first-order valence-corrected chi connectivity index (χ1v) is 5.07. The predicted octanol–water partition coefficient (Wildman–Crippen LogP) is -2.46. The second kappa shape index (κ2) is 5.45. The molecule has 90 valence electrons. The Labute approximate surface area is 93.1 Å². The summed E-state index contributed by atoms with van der Waals surface area (Å²) < 4.78 is 0. The molecule has 0 aromatic rings. The lowest BCUT2D eigenvalue weighted by atomic mass is 10.4. The van der Waals surface area contributed by atoms with Gasteiger partial charge in [0.1, 0.15) is 0 Å². The SMILES string of the molecule is NC(=O)CN(CC(N)=O)C(=O)CNC1CC1. The molecule has 0 unspecified atom stereocenters. The van der Waals surface area contributed by atoms with E-state index < -0.39 is 11.8 Å². The van der Waals surface area contributed by atoms with Crippen molar-refractivity contribution in [3.8, 4) is 0 Å². The fourth-order valence-corrected chi connectivity index (χ4v) is 1.24. The highest BCUT2D eigenvalue weighted by molar-refractivity contribution is 5.88. The summed E-state index contributed by atoms with van der Waals surface area (Å²) in [6.45, 7) is -0.465. The third-order valence-electron chi connectivity index (χ3n) is 2.17. The zero-order valence-corrected chi connectivity index (χ0v) is 8.94. The molecule has 1 aliphatic carbocycles. The van der Waals surface area contributed by atoms with Crippen LogP contribution < -0.4 is 16.8 Å². The molecule has 1 aliphatic rings. The molecule has 0 bridgehead atoms. The molecule has 1 fully saturated rings. The van der Waals surface area contributed by atoms with E-state index in [-0.39, 0.29) is 25.5 Å². The molecular formula is C9H16N4O3. The molecule has 0 aromatic heterocycles. The third-order valence-corrected chi connectivity index (χ3v) is 2.17. The first-order chi connectivity index (χ1) is 7.49. The van der Waals surface area contributed by atoms with E-state index in [4.69, 9.17) is 11.5 Å². The van der Waals surface area contributed by atoms with Gasteiger partial charge in [-0.15, -0.1) is 0 Å². The highest BCUT2D eigenvalue weighted by Crippen LogP contribution is 2.18. The Morgan fingerprint density at radius 2 is 1.62 bits per heavy atom. The number of carbonyl (C=O) groups excluding carboxylic acids is 3. The molecule has 16 heavy (non-hydrogen) atoms. The number of primary amides is 2. The molecule has 0 aromatic carbocycles. The zero-order chi connectivity index (χ0) is 12.1. The van der Waals surface area contributed by atoms with Crippen molar-refractivity contribution < 1.29 is 14.4 Å². The Balaban J connectivity index is 2.40. The van der Waals surface area contributed by atoms with Gasteiger partial charge in [0.2, 0.25) is 17.7 Å². The van der Waals surface area contributed by atoms with Gasteiger partial charge in [-0.1, -0.05) is 0 Å². The number of amides is 3. The van der Waals surface area contributed by atoms with E-state index in [0.29, 0.717) is 6.04 Å². The Morgan fingerprint density at radius 1 is 1.12 bits per heavy atom. The van der Waals surface area contributed by atoms with E-state index in [0.717, 1.165) is 17.7 Å². The summed E-state index contributed by atoms with van der Waals surface area (Å²) in [5.74, 6) is -1.67. The van der Waals surface area contributed by atoms with Crippen LogP contribution in [0.2, 0.25) is 0 Å². The summed E-state index contributed by atoms with van der Waals surface area (Å²) in [6.07, 6.45) is 2.11. The average Bonchev–Trinajstić information content (AvgIpc) is 2.95. The first-order valence-electron chi connectivity index (χ1n) is 5.07. The summed E-state index contributed by atoms with van der Waals surface area (Å²) in [6, 6.07) is 0.382. The van der Waals surface area contributed by atoms with E-state index in [9.17, 15) is 14.4 Å². The van der Waals surface area contributed by atoms with E-state index in [1.165, 1.54) is 0 Å². The van der Waals surface area contributed by atoms with Crippen LogP contribution in [-0.4, -0.2) is 48.3 Å². The number of hydrogen-bond acceptors (Lipinski definition) is 4. The van der Waals surface area contributed by atoms with Gasteiger partial charge in [0.25, 0.3) is 0 Å². The van der Waals surface area contributed by atoms with Crippen molar-refractivity contribution in [1.29, 1.82) is 0 Å². The lowest BCUT2D eigenvalue weighted by Crippen LogP contribution is -2.46. The highest BCUT2D eigenvalue weighted by atomic mass is 16.2. The van der Waals surface area contributed by atoms with Gasteiger partial charge in [-0.25, -0.2) is 0 Å². The molecule has 5 N–H and O–H groups in total. The van der Waals surface area contributed by atoms with Gasteiger partial charge in [-0.05, 0) is 12.8 Å². The monoisotopic (exact) mass is 228 g/mol. The van der Waals surface area contributed by atoms with E-state index in [2.05, 4.69) is 5.32 Å². The smallest absolute Gasteiger partial charge is 0.237 e. The average molecular weight is 228 g/mol. The molecule has 0 radical (unpaired) electrons. The molecule has 7 nitrogen and oxygen atoms in total. The summed E-state index contributed by atoms with van der Waals surface area (Å²) in [5.41, 5.74) is 9.94. The molecule has 0 atom stereocenters. The first kappa shape index (κ1) is 12.4. The number of nitrogens with one attached hydrogen (secondary N) is 1. The number of rotatable bonds is 7. The van der Waals surface area contributed by atoms with Crippen molar-refractivity contribution in [3.05, 3.63) is 0 Å². The van der Waals surface area contributed by atoms with Crippen molar-refractivity contribution in [1.82, 2.24) is 10.2 Å². The summed E-state index contributed by atoms with van der Waals surface area (Å²) in [5, 5.41) is 2.99.